The van der Waals surface area contributed by atoms with Gasteiger partial charge in [-0.2, -0.15) is 0 Å². The van der Waals surface area contributed by atoms with Crippen LogP contribution >= 0.6 is 0 Å². The van der Waals surface area contributed by atoms with Crippen molar-refractivity contribution in [2.24, 2.45) is 5.92 Å². The molecular formula is C15H25N3O. The molecule has 1 aromatic heterocycles. The summed E-state index contributed by atoms with van der Waals surface area (Å²) in [6, 6.07) is 2.06. The third-order valence-electron chi connectivity index (χ3n) is 3.45. The maximum atomic E-state index is 5.87. The average molecular weight is 263 g/mol. The van der Waals surface area contributed by atoms with Gasteiger partial charge < -0.3 is 10.1 Å². The monoisotopic (exact) mass is 263 g/mol. The second kappa shape index (κ2) is 5.87. The third kappa shape index (κ3) is 3.44. The summed E-state index contributed by atoms with van der Waals surface area (Å²) in [5.74, 6) is 2.34. The van der Waals surface area contributed by atoms with Gasteiger partial charge in [-0.15, -0.1) is 0 Å². The van der Waals surface area contributed by atoms with Crippen molar-refractivity contribution in [3.05, 3.63) is 17.6 Å². The first kappa shape index (κ1) is 14.3. The smallest absolute Gasteiger partial charge is 0.162 e. The van der Waals surface area contributed by atoms with Crippen LogP contribution in [0.3, 0.4) is 0 Å². The molecule has 1 atom stereocenters. The molecule has 1 aromatic rings. The van der Waals surface area contributed by atoms with E-state index in [0.717, 1.165) is 49.8 Å². The van der Waals surface area contributed by atoms with Gasteiger partial charge in [0.2, 0.25) is 0 Å². The summed E-state index contributed by atoms with van der Waals surface area (Å²) in [5.41, 5.74) is 0.796. The summed E-state index contributed by atoms with van der Waals surface area (Å²) in [4.78, 5) is 9.37. The van der Waals surface area contributed by atoms with Crippen molar-refractivity contribution < 1.29 is 4.74 Å². The maximum absolute atomic E-state index is 5.87. The highest BCUT2D eigenvalue weighted by Crippen LogP contribution is 2.34. The first-order chi connectivity index (χ1) is 9.03. The lowest BCUT2D eigenvalue weighted by Gasteiger charge is -2.23. The lowest BCUT2D eigenvalue weighted by Crippen LogP contribution is -2.25. The maximum Gasteiger partial charge on any atom is 0.162 e. The van der Waals surface area contributed by atoms with Crippen LogP contribution in [-0.2, 0) is 16.8 Å². The van der Waals surface area contributed by atoms with Crippen LogP contribution in [0.5, 0.6) is 0 Å². The first-order valence-corrected chi connectivity index (χ1v) is 7.30. The molecule has 0 spiro atoms. The molecule has 0 amide bonds. The number of nitrogens with zero attached hydrogens (tertiary/aromatic N) is 2. The van der Waals surface area contributed by atoms with E-state index in [-0.39, 0.29) is 5.60 Å². The molecule has 19 heavy (non-hydrogen) atoms. The van der Waals surface area contributed by atoms with E-state index in [1.165, 1.54) is 0 Å². The molecule has 1 fully saturated rings. The van der Waals surface area contributed by atoms with Crippen LogP contribution in [0.15, 0.2) is 6.07 Å². The highest BCUT2D eigenvalue weighted by molar-refractivity contribution is 5.37. The Bertz CT molecular complexity index is 425. The second-order valence-corrected chi connectivity index (χ2v) is 5.88. The summed E-state index contributed by atoms with van der Waals surface area (Å²) >= 11 is 0. The van der Waals surface area contributed by atoms with E-state index in [9.17, 15) is 0 Å². The van der Waals surface area contributed by atoms with Crippen LogP contribution in [0, 0.1) is 5.92 Å². The Morgan fingerprint density at radius 1 is 1.42 bits per heavy atom. The predicted octanol–water partition coefficient (Wildman–Crippen LogP) is 3.13. The minimum atomic E-state index is -0.308. The van der Waals surface area contributed by atoms with Crippen molar-refractivity contribution in [2.75, 3.05) is 18.5 Å². The van der Waals surface area contributed by atoms with Gasteiger partial charge in [0.05, 0.1) is 0 Å². The zero-order valence-corrected chi connectivity index (χ0v) is 12.5. The van der Waals surface area contributed by atoms with Crippen molar-refractivity contribution in [1.82, 2.24) is 9.97 Å². The summed E-state index contributed by atoms with van der Waals surface area (Å²) in [6.45, 7) is 10.3. The van der Waals surface area contributed by atoms with Gasteiger partial charge in [0.1, 0.15) is 11.4 Å². The number of nitrogens with one attached hydrogen (secondary N) is 1. The second-order valence-electron chi connectivity index (χ2n) is 5.88. The molecule has 0 bridgehead atoms. The summed E-state index contributed by atoms with van der Waals surface area (Å²) in [6.07, 6.45) is 3.07. The Kier molecular flexibility index (Phi) is 4.40. The Morgan fingerprint density at radius 3 is 2.79 bits per heavy atom. The van der Waals surface area contributed by atoms with Crippen molar-refractivity contribution in [1.29, 1.82) is 0 Å². The molecule has 1 unspecified atom stereocenters. The molecule has 0 aliphatic carbocycles. The van der Waals surface area contributed by atoms with Crippen molar-refractivity contribution in [3.8, 4) is 0 Å². The molecule has 1 aliphatic rings. The van der Waals surface area contributed by atoms with Gasteiger partial charge in [-0.05, 0) is 39.0 Å². The van der Waals surface area contributed by atoms with Gasteiger partial charge in [0.15, 0.2) is 5.82 Å². The van der Waals surface area contributed by atoms with Gasteiger partial charge in [-0.25, -0.2) is 9.97 Å². The Balaban J connectivity index is 2.33. The van der Waals surface area contributed by atoms with Gasteiger partial charge in [0.25, 0.3) is 0 Å². The largest absolute Gasteiger partial charge is 0.370 e. The number of anilines is 1. The van der Waals surface area contributed by atoms with E-state index < -0.39 is 0 Å². The van der Waals surface area contributed by atoms with Gasteiger partial charge in [-0.3, -0.25) is 0 Å². The molecule has 4 heteroatoms. The Labute approximate surface area is 116 Å². The van der Waals surface area contributed by atoms with Crippen LogP contribution < -0.4 is 5.32 Å². The van der Waals surface area contributed by atoms with Gasteiger partial charge in [-0.1, -0.05) is 13.8 Å². The molecule has 2 heterocycles. The number of hydrogen-bond donors (Lipinski definition) is 1. The number of hydrogen-bond acceptors (Lipinski definition) is 4. The topological polar surface area (TPSA) is 47.0 Å². The fourth-order valence-corrected chi connectivity index (χ4v) is 2.48. The molecule has 0 saturated carbocycles. The number of ether oxygens (including phenoxy) is 1. The molecular weight excluding hydrogens is 238 g/mol. The van der Waals surface area contributed by atoms with E-state index in [2.05, 4.69) is 44.1 Å². The normalized spacial score (nSPS) is 23.0. The standard InChI is InChI=1S/C15H25N3O/c1-5-16-13-10-12(9-11(2)3)17-14(18-13)15(4)7-6-8-19-15/h10-11H,5-9H2,1-4H3,(H,16,17,18). The van der Waals surface area contributed by atoms with Crippen LogP contribution in [0.25, 0.3) is 0 Å². The fraction of sp³-hybridized carbons (Fsp3) is 0.733. The summed E-state index contributed by atoms with van der Waals surface area (Å²) < 4.78 is 5.87. The lowest BCUT2D eigenvalue weighted by atomic mass is 10.0. The average Bonchev–Trinajstić information content (AvgIpc) is 2.77. The minimum absolute atomic E-state index is 0.308. The van der Waals surface area contributed by atoms with Crippen molar-refractivity contribution in [3.63, 3.8) is 0 Å². The minimum Gasteiger partial charge on any atom is -0.370 e. The van der Waals surface area contributed by atoms with E-state index in [1.54, 1.807) is 0 Å². The van der Waals surface area contributed by atoms with E-state index in [0.29, 0.717) is 5.92 Å². The third-order valence-corrected chi connectivity index (χ3v) is 3.45. The molecule has 0 radical (unpaired) electrons. The van der Waals surface area contributed by atoms with Gasteiger partial charge in [0, 0.05) is 24.9 Å². The molecule has 0 aromatic carbocycles. The lowest BCUT2D eigenvalue weighted by molar-refractivity contribution is 0.00924. The molecule has 1 aliphatic heterocycles. The fourth-order valence-electron chi connectivity index (χ4n) is 2.48. The molecule has 106 valence electrons. The Morgan fingerprint density at radius 2 is 2.21 bits per heavy atom. The summed E-state index contributed by atoms with van der Waals surface area (Å²) in [7, 11) is 0. The van der Waals surface area contributed by atoms with Crippen LogP contribution in [0.2, 0.25) is 0 Å². The number of rotatable bonds is 5. The molecule has 2 rings (SSSR count). The quantitative estimate of drug-likeness (QED) is 0.886. The molecule has 1 saturated heterocycles. The van der Waals surface area contributed by atoms with Crippen LogP contribution in [-0.4, -0.2) is 23.1 Å². The van der Waals surface area contributed by atoms with E-state index in [1.807, 2.05) is 0 Å². The van der Waals surface area contributed by atoms with E-state index in [4.69, 9.17) is 9.72 Å². The van der Waals surface area contributed by atoms with Crippen molar-refractivity contribution >= 4 is 5.82 Å². The van der Waals surface area contributed by atoms with Gasteiger partial charge >= 0.3 is 0 Å². The Hall–Kier alpha value is -1.16. The number of aromatic nitrogens is 2. The molecule has 1 N–H and O–H groups in total. The summed E-state index contributed by atoms with van der Waals surface area (Å²) in [5, 5.41) is 3.30. The zero-order valence-electron chi connectivity index (χ0n) is 12.5. The predicted molar refractivity (Wildman–Crippen MR) is 77.3 cm³/mol. The van der Waals surface area contributed by atoms with Crippen LogP contribution in [0.4, 0.5) is 5.82 Å². The zero-order chi connectivity index (χ0) is 13.9. The first-order valence-electron chi connectivity index (χ1n) is 7.30. The van der Waals surface area contributed by atoms with Crippen molar-refractivity contribution in [2.45, 2.75) is 52.6 Å². The SMILES string of the molecule is CCNc1cc(CC(C)C)nc(C2(C)CCCO2)n1. The highest BCUT2D eigenvalue weighted by atomic mass is 16.5. The molecule has 4 nitrogen and oxygen atoms in total. The van der Waals surface area contributed by atoms with E-state index >= 15 is 0 Å². The van der Waals surface area contributed by atoms with Crippen LogP contribution in [0.1, 0.15) is 52.1 Å². The highest BCUT2D eigenvalue weighted by Gasteiger charge is 2.35.